The third kappa shape index (κ3) is 2.19. The van der Waals surface area contributed by atoms with E-state index in [4.69, 9.17) is 11.6 Å². The molecule has 0 spiro atoms. The normalized spacial score (nSPS) is 17.9. The van der Waals surface area contributed by atoms with Gasteiger partial charge >= 0.3 is 5.97 Å². The van der Waals surface area contributed by atoms with Crippen molar-refractivity contribution in [3.05, 3.63) is 39.1 Å². The van der Waals surface area contributed by atoms with Gasteiger partial charge < -0.3 is 15.0 Å². The zero-order valence-corrected chi connectivity index (χ0v) is 11.7. The maximum absolute atomic E-state index is 12.4. The summed E-state index contributed by atoms with van der Waals surface area (Å²) in [5.74, 6) is -1.36. The highest BCUT2D eigenvalue weighted by Crippen LogP contribution is 2.27. The van der Waals surface area contributed by atoms with Gasteiger partial charge in [0.05, 0.1) is 33.5 Å². The van der Waals surface area contributed by atoms with Crippen LogP contribution in [0.25, 0.3) is 0 Å². The molecule has 104 valence electrons. The van der Waals surface area contributed by atoms with Crippen molar-refractivity contribution in [3.8, 4) is 0 Å². The Hall–Kier alpha value is -1.86. The number of imidazole rings is 1. The molecule has 6 nitrogen and oxygen atoms in total. The van der Waals surface area contributed by atoms with E-state index in [9.17, 15) is 14.7 Å². The first-order chi connectivity index (χ1) is 9.56. The monoisotopic (exact) mass is 311 g/mol. The number of carbonyl (C=O) groups excluding carboxylic acids is 1. The number of H-pyrrole nitrogens is 1. The quantitative estimate of drug-likeness (QED) is 0.885. The van der Waals surface area contributed by atoms with Crippen LogP contribution in [0.15, 0.2) is 18.5 Å². The molecule has 0 saturated heterocycles. The van der Waals surface area contributed by atoms with Gasteiger partial charge in [0, 0.05) is 6.42 Å². The van der Waals surface area contributed by atoms with E-state index in [1.165, 1.54) is 11.2 Å². The van der Waals surface area contributed by atoms with Crippen molar-refractivity contribution in [2.45, 2.75) is 19.0 Å². The Morgan fingerprint density at radius 2 is 2.30 bits per heavy atom. The number of fused-ring (bicyclic) bond motifs is 1. The van der Waals surface area contributed by atoms with Crippen LogP contribution < -0.4 is 0 Å². The van der Waals surface area contributed by atoms with Crippen molar-refractivity contribution in [1.29, 1.82) is 0 Å². The predicted octanol–water partition coefficient (Wildman–Crippen LogP) is 1.78. The molecule has 0 bridgehead atoms. The van der Waals surface area contributed by atoms with E-state index in [0.29, 0.717) is 14.9 Å². The second kappa shape index (κ2) is 4.92. The molecule has 1 amide bonds. The van der Waals surface area contributed by atoms with Crippen LogP contribution in [0.2, 0.25) is 4.34 Å². The molecule has 2 aromatic heterocycles. The topological polar surface area (TPSA) is 86.3 Å². The number of amides is 1. The van der Waals surface area contributed by atoms with Gasteiger partial charge in [0.25, 0.3) is 5.91 Å². The number of carboxylic acids is 1. The van der Waals surface area contributed by atoms with Crippen molar-refractivity contribution in [2.24, 2.45) is 0 Å². The number of nitrogens with zero attached hydrogens (tertiary/aromatic N) is 2. The number of aliphatic carboxylic acids is 1. The fraction of sp³-hybridized carbons (Fsp3) is 0.250. The van der Waals surface area contributed by atoms with Crippen molar-refractivity contribution < 1.29 is 14.7 Å². The lowest BCUT2D eigenvalue weighted by atomic mass is 10.0. The smallest absolute Gasteiger partial charge is 0.326 e. The minimum atomic E-state index is -1.03. The molecule has 1 aliphatic heterocycles. The number of thiophene rings is 1. The van der Waals surface area contributed by atoms with E-state index in [0.717, 1.165) is 17.0 Å². The third-order valence-electron chi connectivity index (χ3n) is 3.23. The van der Waals surface area contributed by atoms with Crippen LogP contribution in [0.4, 0.5) is 0 Å². The first-order valence-electron chi connectivity index (χ1n) is 5.86. The lowest BCUT2D eigenvalue weighted by Crippen LogP contribution is -2.48. The van der Waals surface area contributed by atoms with E-state index >= 15 is 0 Å². The molecule has 3 heterocycles. The summed E-state index contributed by atoms with van der Waals surface area (Å²) in [5.41, 5.74) is 1.48. The van der Waals surface area contributed by atoms with Crippen molar-refractivity contribution >= 4 is 34.8 Å². The number of hydrogen-bond donors (Lipinski definition) is 2. The summed E-state index contributed by atoms with van der Waals surface area (Å²) >= 11 is 6.96. The number of rotatable bonds is 2. The number of halogens is 1. The number of carboxylic acid groups (broad SMARTS) is 1. The van der Waals surface area contributed by atoms with E-state index in [-0.39, 0.29) is 18.9 Å². The summed E-state index contributed by atoms with van der Waals surface area (Å²) in [7, 11) is 0. The summed E-state index contributed by atoms with van der Waals surface area (Å²) in [6.07, 6.45) is 1.72. The summed E-state index contributed by atoms with van der Waals surface area (Å²) in [5, 5.41) is 9.32. The van der Waals surface area contributed by atoms with Crippen LogP contribution in [0.3, 0.4) is 0 Å². The largest absolute Gasteiger partial charge is 0.480 e. The molecule has 8 heteroatoms. The van der Waals surface area contributed by atoms with Crippen LogP contribution in [-0.4, -0.2) is 37.9 Å². The van der Waals surface area contributed by atoms with Crippen LogP contribution in [0.5, 0.6) is 0 Å². The third-order valence-corrected chi connectivity index (χ3v) is 4.45. The highest BCUT2D eigenvalue weighted by Gasteiger charge is 2.36. The number of aromatic amines is 1. The molecule has 20 heavy (non-hydrogen) atoms. The number of nitrogens with one attached hydrogen (secondary N) is 1. The number of carbonyl (C=O) groups is 2. The summed E-state index contributed by atoms with van der Waals surface area (Å²) in [4.78, 5) is 32.6. The molecule has 2 N–H and O–H groups in total. The predicted molar refractivity (Wildman–Crippen MR) is 72.9 cm³/mol. The minimum absolute atomic E-state index is 0.207. The molecule has 0 aromatic carbocycles. The highest BCUT2D eigenvalue weighted by atomic mass is 35.5. The van der Waals surface area contributed by atoms with E-state index in [1.807, 2.05) is 0 Å². The Labute approximate surface area is 123 Å². The van der Waals surface area contributed by atoms with E-state index in [1.54, 1.807) is 12.1 Å². The van der Waals surface area contributed by atoms with Crippen molar-refractivity contribution in [1.82, 2.24) is 14.9 Å². The molecular formula is C12H10ClN3O3S. The number of hydrogen-bond acceptors (Lipinski definition) is 4. The lowest BCUT2D eigenvalue weighted by Gasteiger charge is -2.31. The molecule has 2 aromatic rings. The summed E-state index contributed by atoms with van der Waals surface area (Å²) < 4.78 is 0.500. The zero-order valence-electron chi connectivity index (χ0n) is 10.2. The van der Waals surface area contributed by atoms with Gasteiger partial charge in [-0.15, -0.1) is 11.3 Å². The van der Waals surface area contributed by atoms with Crippen LogP contribution in [0.1, 0.15) is 21.1 Å². The van der Waals surface area contributed by atoms with Crippen LogP contribution >= 0.6 is 22.9 Å². The molecule has 1 aliphatic rings. The minimum Gasteiger partial charge on any atom is -0.480 e. The molecule has 0 aliphatic carbocycles. The van der Waals surface area contributed by atoms with Gasteiger partial charge in [-0.2, -0.15) is 0 Å². The van der Waals surface area contributed by atoms with Crippen LogP contribution in [-0.2, 0) is 17.8 Å². The Kier molecular flexibility index (Phi) is 3.23. The van der Waals surface area contributed by atoms with E-state index < -0.39 is 12.0 Å². The van der Waals surface area contributed by atoms with Crippen molar-refractivity contribution in [3.63, 3.8) is 0 Å². The fourth-order valence-corrected chi connectivity index (χ4v) is 3.24. The van der Waals surface area contributed by atoms with Gasteiger partial charge in [0.2, 0.25) is 0 Å². The molecule has 1 atom stereocenters. The molecule has 3 rings (SSSR count). The number of aromatic nitrogens is 2. The van der Waals surface area contributed by atoms with Gasteiger partial charge in [-0.3, -0.25) is 4.79 Å². The average Bonchev–Trinajstić information content (AvgIpc) is 3.04. The second-order valence-corrected chi connectivity index (χ2v) is 6.14. The van der Waals surface area contributed by atoms with Gasteiger partial charge in [0.15, 0.2) is 0 Å². The fourth-order valence-electron chi connectivity index (χ4n) is 2.24. The molecule has 0 fully saturated rings. The Morgan fingerprint density at radius 3 is 2.95 bits per heavy atom. The van der Waals surface area contributed by atoms with E-state index in [2.05, 4.69) is 9.97 Å². The van der Waals surface area contributed by atoms with Crippen molar-refractivity contribution in [2.75, 3.05) is 0 Å². The van der Waals surface area contributed by atoms with Gasteiger partial charge in [0.1, 0.15) is 6.04 Å². The Balaban J connectivity index is 1.94. The summed E-state index contributed by atoms with van der Waals surface area (Å²) in [6, 6.07) is 2.33. The highest BCUT2D eigenvalue weighted by molar-refractivity contribution is 7.17. The Bertz CT molecular complexity index is 681. The van der Waals surface area contributed by atoms with Crippen LogP contribution in [0, 0.1) is 0 Å². The first-order valence-corrected chi connectivity index (χ1v) is 7.06. The van der Waals surface area contributed by atoms with Gasteiger partial charge in [-0.05, 0) is 12.1 Å². The maximum Gasteiger partial charge on any atom is 0.326 e. The lowest BCUT2D eigenvalue weighted by molar-refractivity contribution is -0.142. The summed E-state index contributed by atoms with van der Waals surface area (Å²) in [6.45, 7) is 0.209. The molecular weight excluding hydrogens is 302 g/mol. The molecule has 0 radical (unpaired) electrons. The average molecular weight is 312 g/mol. The van der Waals surface area contributed by atoms with Gasteiger partial charge in [-0.1, -0.05) is 11.6 Å². The molecule has 0 saturated carbocycles. The molecule has 1 unspecified atom stereocenters. The van der Waals surface area contributed by atoms with Gasteiger partial charge in [-0.25, -0.2) is 9.78 Å². The second-order valence-electron chi connectivity index (χ2n) is 4.42. The first kappa shape index (κ1) is 13.1. The standard InChI is InChI=1S/C12H10ClN3O3S/c13-10-2-1-9(20-10)11(17)16-4-7-6(14-5-15-7)3-8(16)12(18)19/h1-2,5,8H,3-4H2,(H,14,15)(H,18,19). The zero-order chi connectivity index (χ0) is 14.3. The SMILES string of the molecule is O=C(O)C1Cc2nc[nH]c2CN1C(=O)c1ccc(Cl)s1. The maximum atomic E-state index is 12.4. The Morgan fingerprint density at radius 1 is 1.50 bits per heavy atom.